The Morgan fingerprint density at radius 3 is 2.64 bits per heavy atom. The van der Waals surface area contributed by atoms with Gasteiger partial charge >= 0.3 is 0 Å². The Morgan fingerprint density at radius 2 is 2.00 bits per heavy atom. The van der Waals surface area contributed by atoms with Crippen LogP contribution in [0, 0.1) is 5.41 Å². The highest BCUT2D eigenvalue weighted by Crippen LogP contribution is 2.26. The molecule has 0 radical (unpaired) electrons. The van der Waals surface area contributed by atoms with Crippen molar-refractivity contribution in [2.75, 3.05) is 0 Å². The molecular weight excluding hydrogens is 136 g/mol. The lowest BCUT2D eigenvalue weighted by Gasteiger charge is -2.17. The first-order chi connectivity index (χ1) is 4.99. The zero-order valence-corrected chi connectivity index (χ0v) is 7.35. The van der Waals surface area contributed by atoms with Gasteiger partial charge in [0, 0.05) is 6.42 Å². The number of ketones is 1. The molecule has 1 aliphatic carbocycles. The minimum absolute atomic E-state index is 0.0324. The van der Waals surface area contributed by atoms with E-state index in [0.717, 1.165) is 0 Å². The second-order valence-corrected chi connectivity index (χ2v) is 3.85. The zero-order valence-electron chi connectivity index (χ0n) is 7.35. The molecule has 1 heteroatoms. The highest BCUT2D eigenvalue weighted by atomic mass is 16.1. The van der Waals surface area contributed by atoms with Gasteiger partial charge in [0.15, 0.2) is 5.78 Å². The molecule has 0 aromatic carbocycles. The van der Waals surface area contributed by atoms with Crippen LogP contribution in [0.1, 0.15) is 27.2 Å². The predicted octanol–water partition coefficient (Wildman–Crippen LogP) is 2.49. The van der Waals surface area contributed by atoms with Crippen LogP contribution in [0.4, 0.5) is 0 Å². The molecule has 0 aromatic rings. The summed E-state index contributed by atoms with van der Waals surface area (Å²) in [5.41, 5.74) is 1.21. The number of hydrogen-bond donors (Lipinski definition) is 0. The van der Waals surface area contributed by atoms with Crippen molar-refractivity contribution in [1.29, 1.82) is 0 Å². The molecule has 0 bridgehead atoms. The van der Waals surface area contributed by atoms with E-state index in [1.54, 1.807) is 6.08 Å². The second kappa shape index (κ2) is 2.65. The van der Waals surface area contributed by atoms with E-state index in [1.807, 2.05) is 13.0 Å². The van der Waals surface area contributed by atoms with Gasteiger partial charge in [-0.2, -0.15) is 0 Å². The molecule has 0 aromatic heterocycles. The lowest BCUT2D eigenvalue weighted by Crippen LogP contribution is -2.11. The topological polar surface area (TPSA) is 17.1 Å². The molecule has 0 amide bonds. The summed E-state index contributed by atoms with van der Waals surface area (Å²) in [4.78, 5) is 11.1. The molecule has 0 heterocycles. The van der Waals surface area contributed by atoms with E-state index in [1.165, 1.54) is 5.57 Å². The molecule has 1 nitrogen and oxygen atoms in total. The average Bonchev–Trinajstić information content (AvgIpc) is 1.89. The van der Waals surface area contributed by atoms with E-state index in [2.05, 4.69) is 19.9 Å². The first-order valence-electron chi connectivity index (χ1n) is 3.90. The van der Waals surface area contributed by atoms with Crippen molar-refractivity contribution in [2.24, 2.45) is 5.41 Å². The maximum absolute atomic E-state index is 11.1. The van der Waals surface area contributed by atoms with E-state index in [4.69, 9.17) is 0 Å². The number of hydrogen-bond acceptors (Lipinski definition) is 1. The molecule has 0 fully saturated rings. The zero-order chi connectivity index (χ0) is 8.48. The third-order valence-electron chi connectivity index (χ3n) is 1.78. The first-order valence-corrected chi connectivity index (χ1v) is 3.90. The van der Waals surface area contributed by atoms with Gasteiger partial charge in [0.25, 0.3) is 0 Å². The van der Waals surface area contributed by atoms with Gasteiger partial charge in [-0.15, -0.1) is 0 Å². The lowest BCUT2D eigenvalue weighted by molar-refractivity contribution is -0.115. The van der Waals surface area contributed by atoms with Crippen LogP contribution in [-0.4, -0.2) is 5.78 Å². The van der Waals surface area contributed by atoms with E-state index in [0.29, 0.717) is 6.42 Å². The monoisotopic (exact) mass is 150 g/mol. The Morgan fingerprint density at radius 1 is 1.36 bits per heavy atom. The Kier molecular flexibility index (Phi) is 1.99. The molecule has 60 valence electrons. The van der Waals surface area contributed by atoms with E-state index in [-0.39, 0.29) is 11.2 Å². The molecule has 0 unspecified atom stereocenters. The predicted molar refractivity (Wildman–Crippen MR) is 46.3 cm³/mol. The van der Waals surface area contributed by atoms with Crippen molar-refractivity contribution >= 4 is 5.78 Å². The molecule has 1 aliphatic rings. The van der Waals surface area contributed by atoms with Crippen molar-refractivity contribution in [3.63, 3.8) is 0 Å². The summed E-state index contributed by atoms with van der Waals surface area (Å²) in [6, 6.07) is 0. The van der Waals surface area contributed by atoms with E-state index >= 15 is 0 Å². The molecule has 0 atom stereocenters. The third kappa shape index (κ3) is 2.34. The fourth-order valence-electron chi connectivity index (χ4n) is 1.45. The Hall–Kier alpha value is -0.850. The smallest absolute Gasteiger partial charge is 0.156 e. The number of rotatable bonds is 0. The summed E-state index contributed by atoms with van der Waals surface area (Å²) in [5, 5.41) is 0. The van der Waals surface area contributed by atoms with Crippen molar-refractivity contribution in [1.82, 2.24) is 0 Å². The standard InChI is InChI=1S/C10H14O/c1-8-4-5-9(11)7-10(2,3)6-8/h4-6H,7H2,1-3H3. The maximum Gasteiger partial charge on any atom is 0.156 e. The highest BCUT2D eigenvalue weighted by molar-refractivity contribution is 5.91. The van der Waals surface area contributed by atoms with Crippen molar-refractivity contribution in [3.8, 4) is 0 Å². The molecule has 0 spiro atoms. The summed E-state index contributed by atoms with van der Waals surface area (Å²) in [6.07, 6.45) is 6.33. The van der Waals surface area contributed by atoms with Gasteiger partial charge in [0.2, 0.25) is 0 Å². The van der Waals surface area contributed by atoms with Gasteiger partial charge in [-0.1, -0.05) is 31.6 Å². The molecular formula is C10H14O. The van der Waals surface area contributed by atoms with Crippen molar-refractivity contribution < 1.29 is 4.79 Å². The number of carbonyl (C=O) groups excluding carboxylic acids is 1. The third-order valence-corrected chi connectivity index (χ3v) is 1.78. The summed E-state index contributed by atoms with van der Waals surface area (Å²) >= 11 is 0. The SMILES string of the molecule is CC1=CC(C)(C)CC(=O)C=C1. The summed E-state index contributed by atoms with van der Waals surface area (Å²) in [7, 11) is 0. The van der Waals surface area contributed by atoms with Gasteiger partial charge in [-0.05, 0) is 18.4 Å². The van der Waals surface area contributed by atoms with Crippen LogP contribution < -0.4 is 0 Å². The van der Waals surface area contributed by atoms with Gasteiger partial charge in [-0.3, -0.25) is 4.79 Å². The minimum atomic E-state index is 0.0324. The van der Waals surface area contributed by atoms with Gasteiger partial charge in [-0.25, -0.2) is 0 Å². The molecule has 0 aliphatic heterocycles. The lowest BCUT2D eigenvalue weighted by atomic mass is 9.87. The van der Waals surface area contributed by atoms with Crippen LogP contribution in [0.2, 0.25) is 0 Å². The maximum atomic E-state index is 11.1. The molecule has 0 saturated heterocycles. The first kappa shape index (κ1) is 8.25. The Balaban J connectivity index is 2.93. The minimum Gasteiger partial charge on any atom is -0.295 e. The number of allylic oxidation sites excluding steroid dienone is 4. The molecule has 1 rings (SSSR count). The van der Waals surface area contributed by atoms with Crippen molar-refractivity contribution in [2.45, 2.75) is 27.2 Å². The molecule has 0 saturated carbocycles. The summed E-state index contributed by atoms with van der Waals surface area (Å²) < 4.78 is 0. The van der Waals surface area contributed by atoms with E-state index in [9.17, 15) is 4.79 Å². The largest absolute Gasteiger partial charge is 0.295 e. The summed E-state index contributed by atoms with van der Waals surface area (Å²) in [5.74, 6) is 0.225. The summed E-state index contributed by atoms with van der Waals surface area (Å²) in [6.45, 7) is 6.19. The van der Waals surface area contributed by atoms with Gasteiger partial charge < -0.3 is 0 Å². The van der Waals surface area contributed by atoms with Crippen LogP contribution in [0.15, 0.2) is 23.8 Å². The molecule has 11 heavy (non-hydrogen) atoms. The highest BCUT2D eigenvalue weighted by Gasteiger charge is 2.19. The second-order valence-electron chi connectivity index (χ2n) is 3.85. The fraction of sp³-hybridized carbons (Fsp3) is 0.500. The van der Waals surface area contributed by atoms with Crippen LogP contribution in [0.25, 0.3) is 0 Å². The van der Waals surface area contributed by atoms with Crippen molar-refractivity contribution in [3.05, 3.63) is 23.8 Å². The van der Waals surface area contributed by atoms with E-state index < -0.39 is 0 Å². The number of carbonyl (C=O) groups is 1. The normalized spacial score (nSPS) is 22.8. The Bertz CT molecular complexity index is 231. The molecule has 0 N–H and O–H groups in total. The fourth-order valence-corrected chi connectivity index (χ4v) is 1.45. The van der Waals surface area contributed by atoms with Gasteiger partial charge in [0.1, 0.15) is 0 Å². The van der Waals surface area contributed by atoms with Crippen LogP contribution >= 0.6 is 0 Å². The Labute approximate surface area is 67.8 Å². The quantitative estimate of drug-likeness (QED) is 0.518. The van der Waals surface area contributed by atoms with Crippen LogP contribution in [0.5, 0.6) is 0 Å². The van der Waals surface area contributed by atoms with Crippen LogP contribution in [0.3, 0.4) is 0 Å². The van der Waals surface area contributed by atoms with Gasteiger partial charge in [0.05, 0.1) is 0 Å². The average molecular weight is 150 g/mol. The van der Waals surface area contributed by atoms with Crippen LogP contribution in [-0.2, 0) is 4.79 Å².